The number of aromatic nitrogens is 2. The van der Waals surface area contributed by atoms with Crippen molar-refractivity contribution in [1.82, 2.24) is 15.1 Å². The minimum atomic E-state index is -0.0140. The molecule has 1 aromatic rings. The van der Waals surface area contributed by atoms with Crippen LogP contribution in [0.1, 0.15) is 33.6 Å². The van der Waals surface area contributed by atoms with Crippen LogP contribution in [0.5, 0.6) is 0 Å². The standard InChI is InChI=1S/C14H26N4O/c1-4-8-15-9-7-10-18-14(19)11-13(12-16-18)17(5-2)6-3/h11-12,15H,4-10H2,1-3H3. The van der Waals surface area contributed by atoms with Crippen molar-refractivity contribution >= 4 is 5.69 Å². The van der Waals surface area contributed by atoms with Crippen LogP contribution < -0.4 is 15.8 Å². The van der Waals surface area contributed by atoms with Crippen molar-refractivity contribution in [1.29, 1.82) is 0 Å². The molecule has 0 fully saturated rings. The van der Waals surface area contributed by atoms with Gasteiger partial charge in [-0.3, -0.25) is 4.79 Å². The van der Waals surface area contributed by atoms with E-state index in [4.69, 9.17) is 0 Å². The monoisotopic (exact) mass is 266 g/mol. The first-order valence-corrected chi connectivity index (χ1v) is 7.25. The highest BCUT2D eigenvalue weighted by molar-refractivity contribution is 5.42. The lowest BCUT2D eigenvalue weighted by molar-refractivity contribution is 0.521. The lowest BCUT2D eigenvalue weighted by atomic mass is 10.3. The van der Waals surface area contributed by atoms with Crippen molar-refractivity contribution in [3.63, 3.8) is 0 Å². The van der Waals surface area contributed by atoms with Gasteiger partial charge in [-0.25, -0.2) is 4.68 Å². The quantitative estimate of drug-likeness (QED) is 0.688. The predicted molar refractivity (Wildman–Crippen MR) is 79.8 cm³/mol. The van der Waals surface area contributed by atoms with Crippen molar-refractivity contribution in [2.24, 2.45) is 0 Å². The number of hydrogen-bond acceptors (Lipinski definition) is 4. The predicted octanol–water partition coefficient (Wildman–Crippen LogP) is 1.48. The third-order valence-corrected chi connectivity index (χ3v) is 3.13. The average Bonchev–Trinajstić information content (AvgIpc) is 2.42. The highest BCUT2D eigenvalue weighted by Gasteiger charge is 2.05. The second-order valence-electron chi connectivity index (χ2n) is 4.55. The summed E-state index contributed by atoms with van der Waals surface area (Å²) in [5.41, 5.74) is 0.898. The van der Waals surface area contributed by atoms with Gasteiger partial charge in [0.1, 0.15) is 0 Å². The number of nitrogens with zero attached hydrogens (tertiary/aromatic N) is 3. The summed E-state index contributed by atoms with van der Waals surface area (Å²) in [4.78, 5) is 14.1. The van der Waals surface area contributed by atoms with E-state index in [2.05, 4.69) is 36.1 Å². The fraction of sp³-hybridized carbons (Fsp3) is 0.714. The molecule has 1 rings (SSSR count). The maximum absolute atomic E-state index is 11.9. The van der Waals surface area contributed by atoms with Gasteiger partial charge in [0.05, 0.1) is 11.9 Å². The molecule has 0 unspecified atom stereocenters. The Labute approximate surface area is 115 Å². The van der Waals surface area contributed by atoms with E-state index in [0.29, 0.717) is 6.54 Å². The lowest BCUT2D eigenvalue weighted by Gasteiger charge is -2.20. The summed E-state index contributed by atoms with van der Waals surface area (Å²) in [7, 11) is 0. The van der Waals surface area contributed by atoms with Crippen molar-refractivity contribution in [3.8, 4) is 0 Å². The van der Waals surface area contributed by atoms with Crippen LogP contribution in [0, 0.1) is 0 Å². The summed E-state index contributed by atoms with van der Waals surface area (Å²) in [6.45, 7) is 10.7. The molecule has 0 radical (unpaired) electrons. The zero-order valence-corrected chi connectivity index (χ0v) is 12.4. The van der Waals surface area contributed by atoms with E-state index in [1.165, 1.54) is 0 Å². The van der Waals surface area contributed by atoms with Crippen molar-refractivity contribution < 1.29 is 0 Å². The van der Waals surface area contributed by atoms with E-state index in [-0.39, 0.29) is 5.56 Å². The third-order valence-electron chi connectivity index (χ3n) is 3.13. The van der Waals surface area contributed by atoms with Crippen LogP contribution in [0.3, 0.4) is 0 Å². The largest absolute Gasteiger partial charge is 0.371 e. The Hall–Kier alpha value is -1.36. The molecule has 0 aromatic carbocycles. The van der Waals surface area contributed by atoms with Gasteiger partial charge in [0.2, 0.25) is 0 Å². The number of aryl methyl sites for hydroxylation is 1. The molecule has 5 heteroatoms. The first kappa shape index (κ1) is 15.7. The highest BCUT2D eigenvalue weighted by Crippen LogP contribution is 2.08. The molecular formula is C14H26N4O. The van der Waals surface area contributed by atoms with Crippen LogP contribution in [-0.2, 0) is 6.54 Å². The first-order chi connectivity index (χ1) is 9.22. The zero-order chi connectivity index (χ0) is 14.1. The molecular weight excluding hydrogens is 240 g/mol. The summed E-state index contributed by atoms with van der Waals surface area (Å²) < 4.78 is 1.54. The van der Waals surface area contributed by atoms with E-state index in [1.54, 1.807) is 16.9 Å². The number of rotatable bonds is 9. The maximum atomic E-state index is 11.9. The molecule has 0 amide bonds. The summed E-state index contributed by atoms with van der Waals surface area (Å²) in [5.74, 6) is 0. The molecule has 0 saturated heterocycles. The van der Waals surface area contributed by atoms with Gasteiger partial charge in [-0.15, -0.1) is 0 Å². The molecule has 1 heterocycles. The summed E-state index contributed by atoms with van der Waals surface area (Å²) in [6, 6.07) is 1.68. The van der Waals surface area contributed by atoms with Gasteiger partial charge in [0, 0.05) is 25.7 Å². The van der Waals surface area contributed by atoms with Crippen molar-refractivity contribution in [3.05, 3.63) is 22.6 Å². The van der Waals surface area contributed by atoms with Crippen molar-refractivity contribution in [2.45, 2.75) is 40.2 Å². The minimum absolute atomic E-state index is 0.0140. The number of nitrogens with one attached hydrogen (secondary N) is 1. The summed E-state index contributed by atoms with van der Waals surface area (Å²) >= 11 is 0. The van der Waals surface area contributed by atoms with E-state index >= 15 is 0 Å². The fourth-order valence-corrected chi connectivity index (χ4v) is 2.01. The molecule has 0 saturated carbocycles. The molecule has 0 spiro atoms. The molecule has 0 bridgehead atoms. The molecule has 19 heavy (non-hydrogen) atoms. The number of anilines is 1. The van der Waals surface area contributed by atoms with Gasteiger partial charge in [0.15, 0.2) is 0 Å². The average molecular weight is 266 g/mol. The van der Waals surface area contributed by atoms with Gasteiger partial charge in [-0.2, -0.15) is 5.10 Å². The molecule has 1 N–H and O–H groups in total. The highest BCUT2D eigenvalue weighted by atomic mass is 16.1. The molecule has 108 valence electrons. The third kappa shape index (κ3) is 5.03. The Kier molecular flexibility index (Phi) is 7.18. The van der Waals surface area contributed by atoms with E-state index in [1.807, 2.05) is 0 Å². The van der Waals surface area contributed by atoms with E-state index in [0.717, 1.165) is 44.7 Å². The Bertz CT molecular complexity index is 412. The second kappa shape index (κ2) is 8.69. The van der Waals surface area contributed by atoms with Crippen LogP contribution in [-0.4, -0.2) is 36.0 Å². The van der Waals surface area contributed by atoms with Crippen LogP contribution in [0.2, 0.25) is 0 Å². The Morgan fingerprint density at radius 1 is 1.26 bits per heavy atom. The van der Waals surface area contributed by atoms with E-state index in [9.17, 15) is 4.79 Å². The second-order valence-corrected chi connectivity index (χ2v) is 4.55. The lowest BCUT2D eigenvalue weighted by Crippen LogP contribution is -2.28. The summed E-state index contributed by atoms with van der Waals surface area (Å²) in [5, 5.41) is 7.57. The van der Waals surface area contributed by atoms with Gasteiger partial charge in [0.25, 0.3) is 5.56 Å². The van der Waals surface area contributed by atoms with Crippen LogP contribution >= 0.6 is 0 Å². The topological polar surface area (TPSA) is 50.2 Å². The van der Waals surface area contributed by atoms with Gasteiger partial charge >= 0.3 is 0 Å². The van der Waals surface area contributed by atoms with Crippen LogP contribution in [0.25, 0.3) is 0 Å². The SMILES string of the molecule is CCCNCCCn1ncc(N(CC)CC)cc1=O. The Morgan fingerprint density at radius 2 is 2.00 bits per heavy atom. The van der Waals surface area contributed by atoms with Crippen LogP contribution in [0.4, 0.5) is 5.69 Å². The molecule has 0 aliphatic carbocycles. The Balaban J connectivity index is 2.55. The first-order valence-electron chi connectivity index (χ1n) is 7.25. The molecule has 0 aliphatic rings. The molecule has 0 aliphatic heterocycles. The fourth-order valence-electron chi connectivity index (χ4n) is 2.01. The maximum Gasteiger partial charge on any atom is 0.268 e. The zero-order valence-electron chi connectivity index (χ0n) is 12.4. The molecule has 0 atom stereocenters. The van der Waals surface area contributed by atoms with E-state index < -0.39 is 0 Å². The van der Waals surface area contributed by atoms with Gasteiger partial charge in [-0.1, -0.05) is 6.92 Å². The van der Waals surface area contributed by atoms with Crippen LogP contribution in [0.15, 0.2) is 17.1 Å². The molecule has 1 aromatic heterocycles. The normalized spacial score (nSPS) is 10.7. The van der Waals surface area contributed by atoms with Gasteiger partial charge < -0.3 is 10.2 Å². The smallest absolute Gasteiger partial charge is 0.268 e. The Morgan fingerprint density at radius 3 is 2.58 bits per heavy atom. The van der Waals surface area contributed by atoms with Crippen molar-refractivity contribution in [2.75, 3.05) is 31.1 Å². The van der Waals surface area contributed by atoms with Gasteiger partial charge in [-0.05, 0) is 39.8 Å². The molecule has 5 nitrogen and oxygen atoms in total. The minimum Gasteiger partial charge on any atom is -0.371 e. The number of hydrogen-bond donors (Lipinski definition) is 1. The summed E-state index contributed by atoms with van der Waals surface area (Å²) in [6.07, 6.45) is 3.85.